The van der Waals surface area contributed by atoms with E-state index >= 15 is 0 Å². The third kappa shape index (κ3) is 6.95. The number of fused-ring (bicyclic) bond motifs is 1. The molecular weight excluding hydrogens is 563 g/mol. The first-order valence-electron chi connectivity index (χ1n) is 13.4. The molecule has 43 heavy (non-hydrogen) atoms. The first-order chi connectivity index (χ1) is 20.4. The summed E-state index contributed by atoms with van der Waals surface area (Å²) in [5, 5.41) is 16.9. The molecule has 2 aromatic carbocycles. The van der Waals surface area contributed by atoms with Crippen LogP contribution in [0.25, 0.3) is 22.2 Å². The fourth-order valence-electron chi connectivity index (χ4n) is 4.61. The highest BCUT2D eigenvalue weighted by Gasteiger charge is 2.36. The number of hydrogen-bond acceptors (Lipinski definition) is 9. The second kappa shape index (κ2) is 12.8. The van der Waals surface area contributed by atoms with Gasteiger partial charge in [0.1, 0.15) is 23.3 Å². The van der Waals surface area contributed by atoms with Crippen molar-refractivity contribution in [2.75, 3.05) is 64.0 Å². The van der Waals surface area contributed by atoms with Crippen LogP contribution in [-0.2, 0) is 13.2 Å². The van der Waals surface area contributed by atoms with Crippen molar-refractivity contribution in [2.24, 2.45) is 7.05 Å². The van der Waals surface area contributed by atoms with Crippen molar-refractivity contribution in [3.05, 3.63) is 60.9 Å². The molecule has 0 radical (unpaired) electrons. The molecule has 0 amide bonds. The summed E-state index contributed by atoms with van der Waals surface area (Å²) in [7, 11) is 10.6. The van der Waals surface area contributed by atoms with Crippen LogP contribution in [-0.4, -0.2) is 79.2 Å². The first kappa shape index (κ1) is 31.4. The Balaban J connectivity index is 1.82. The minimum Gasteiger partial charge on any atom is -0.497 e. The van der Waals surface area contributed by atoms with Gasteiger partial charge in [-0.2, -0.15) is 13.2 Å². The number of hydrogen-bond donors (Lipinski definition) is 3. The molecule has 0 fully saturated rings. The highest BCUT2D eigenvalue weighted by Crippen LogP contribution is 2.41. The van der Waals surface area contributed by atoms with Gasteiger partial charge >= 0.3 is 6.18 Å². The number of likely N-dealkylation sites (N-methyl/N-ethyl adjacent to an activating group) is 2. The van der Waals surface area contributed by atoms with E-state index < -0.39 is 18.0 Å². The molecule has 4 aromatic rings. The number of rotatable bonds is 12. The molecule has 230 valence electrons. The molecule has 4 rings (SSSR count). The average Bonchev–Trinajstić information content (AvgIpc) is 3.30. The van der Waals surface area contributed by atoms with Gasteiger partial charge in [-0.15, -0.1) is 0 Å². The Labute approximate surface area is 248 Å². The third-order valence-electron chi connectivity index (χ3n) is 6.93. The average molecular weight is 600 g/mol. The van der Waals surface area contributed by atoms with E-state index in [2.05, 4.69) is 27.2 Å². The smallest absolute Gasteiger partial charge is 0.419 e. The number of aliphatic hydroxyl groups excluding tert-OH is 1. The lowest BCUT2D eigenvalue weighted by atomic mass is 10.1. The van der Waals surface area contributed by atoms with Crippen molar-refractivity contribution in [1.29, 1.82) is 0 Å². The van der Waals surface area contributed by atoms with Crippen LogP contribution in [0.1, 0.15) is 5.56 Å². The van der Waals surface area contributed by atoms with Crippen LogP contribution < -0.4 is 25.0 Å². The second-order valence-corrected chi connectivity index (χ2v) is 10.2. The Bertz CT molecular complexity index is 1600. The predicted molar refractivity (Wildman–Crippen MR) is 163 cm³/mol. The van der Waals surface area contributed by atoms with Gasteiger partial charge in [0.2, 0.25) is 5.95 Å². The second-order valence-electron chi connectivity index (χ2n) is 10.2. The molecule has 10 nitrogen and oxygen atoms in total. The Morgan fingerprint density at radius 3 is 2.47 bits per heavy atom. The molecule has 1 unspecified atom stereocenters. The van der Waals surface area contributed by atoms with E-state index in [1.54, 1.807) is 48.1 Å². The zero-order chi connectivity index (χ0) is 31.5. The number of halogens is 3. The van der Waals surface area contributed by atoms with Crippen molar-refractivity contribution in [2.45, 2.75) is 12.4 Å². The lowest BCUT2D eigenvalue weighted by Gasteiger charge is -2.27. The molecule has 0 saturated carbocycles. The van der Waals surface area contributed by atoms with Gasteiger partial charge in [0.25, 0.3) is 0 Å². The van der Waals surface area contributed by atoms with Crippen molar-refractivity contribution in [3.8, 4) is 22.8 Å². The van der Waals surface area contributed by atoms with Crippen LogP contribution in [0, 0.1) is 0 Å². The monoisotopic (exact) mass is 599 g/mol. The number of benzene rings is 2. The number of aryl methyl sites for hydroxylation is 1. The van der Waals surface area contributed by atoms with Crippen molar-refractivity contribution in [3.63, 3.8) is 0 Å². The molecule has 0 aliphatic carbocycles. The Morgan fingerprint density at radius 2 is 1.84 bits per heavy atom. The molecular formula is C30H36F3N7O3. The molecule has 0 bridgehead atoms. The van der Waals surface area contributed by atoms with Gasteiger partial charge in [0.05, 0.1) is 42.5 Å². The number of aliphatic hydroxyl groups is 1. The first-order valence-corrected chi connectivity index (χ1v) is 13.4. The number of anilines is 4. The van der Waals surface area contributed by atoms with Gasteiger partial charge in [-0.25, -0.2) is 9.97 Å². The maximum Gasteiger partial charge on any atom is 0.419 e. The fourth-order valence-corrected chi connectivity index (χ4v) is 4.61. The normalized spacial score (nSPS) is 12.3. The summed E-state index contributed by atoms with van der Waals surface area (Å²) in [6.45, 7) is 5.06. The molecule has 0 spiro atoms. The van der Waals surface area contributed by atoms with E-state index in [4.69, 9.17) is 9.47 Å². The minimum absolute atomic E-state index is 0.0734. The predicted octanol–water partition coefficient (Wildman–Crippen LogP) is 5.33. The van der Waals surface area contributed by atoms with Crippen molar-refractivity contribution >= 4 is 33.9 Å². The number of alkyl halides is 3. The van der Waals surface area contributed by atoms with Crippen molar-refractivity contribution in [1.82, 2.24) is 19.4 Å². The minimum atomic E-state index is -4.70. The molecule has 0 aliphatic rings. The van der Waals surface area contributed by atoms with Gasteiger partial charge in [0.15, 0.2) is 0 Å². The Kier molecular flexibility index (Phi) is 9.36. The van der Waals surface area contributed by atoms with Crippen LogP contribution in [0.15, 0.2) is 55.4 Å². The van der Waals surface area contributed by atoms with E-state index in [0.29, 0.717) is 45.9 Å². The van der Waals surface area contributed by atoms with Crippen LogP contribution in [0.2, 0.25) is 0 Å². The van der Waals surface area contributed by atoms with Crippen molar-refractivity contribution < 1.29 is 27.8 Å². The molecule has 2 aromatic heterocycles. The Hall–Kier alpha value is -4.49. The molecule has 0 saturated heterocycles. The van der Waals surface area contributed by atoms with Gasteiger partial charge in [-0.3, -0.25) is 0 Å². The highest BCUT2D eigenvalue weighted by atomic mass is 19.4. The van der Waals surface area contributed by atoms with Crippen LogP contribution in [0.4, 0.5) is 36.2 Å². The summed E-state index contributed by atoms with van der Waals surface area (Å²) in [6, 6.07) is 8.59. The summed E-state index contributed by atoms with van der Waals surface area (Å²) >= 11 is 0. The van der Waals surface area contributed by atoms with Gasteiger partial charge in [0, 0.05) is 62.7 Å². The molecule has 2 heterocycles. The number of aromatic nitrogens is 3. The zero-order valence-electron chi connectivity index (χ0n) is 25.0. The highest BCUT2D eigenvalue weighted by molar-refractivity contribution is 5.97. The van der Waals surface area contributed by atoms with E-state index in [1.165, 1.54) is 20.3 Å². The van der Waals surface area contributed by atoms with Crippen LogP contribution in [0.3, 0.4) is 0 Å². The quantitative estimate of drug-likeness (QED) is 0.147. The standard InChI is InChI=1S/C30H36F3N7O3/c1-8-27(41)35-22-14-23(26(43-7)15-25(22)39(4)12-11-38(2)3)36-29-34-16-21(30(31,32)33)28(37-29)20-17-40(5)24-13-18(42-6)9-10-19(20)24/h8-10,13-17,27,35,41H,1,11-12H2,2-7H3,(H,34,36,37). The lowest BCUT2D eigenvalue weighted by molar-refractivity contribution is -0.137. The van der Waals surface area contributed by atoms with E-state index in [-0.39, 0.29) is 11.6 Å². The maximum absolute atomic E-state index is 14.2. The van der Waals surface area contributed by atoms with Crippen LogP contribution in [0.5, 0.6) is 11.5 Å². The van der Waals surface area contributed by atoms with Gasteiger partial charge in [-0.05, 0) is 38.4 Å². The summed E-state index contributed by atoms with van der Waals surface area (Å²) < 4.78 is 55.2. The summed E-state index contributed by atoms with van der Waals surface area (Å²) in [5.41, 5.74) is 1.36. The van der Waals surface area contributed by atoms with E-state index in [1.807, 2.05) is 30.9 Å². The number of nitrogens with one attached hydrogen (secondary N) is 2. The number of nitrogens with zero attached hydrogens (tertiary/aromatic N) is 5. The molecule has 3 N–H and O–H groups in total. The Morgan fingerprint density at radius 1 is 1.09 bits per heavy atom. The SMILES string of the molecule is C=CC(O)Nc1cc(Nc2ncc(C(F)(F)F)c(-c3cn(C)c4cc(OC)ccc34)n2)c(OC)cc1N(C)CCN(C)C. The zero-order valence-corrected chi connectivity index (χ0v) is 25.0. The largest absolute Gasteiger partial charge is 0.497 e. The molecule has 13 heteroatoms. The van der Waals surface area contributed by atoms with Crippen LogP contribution >= 0.6 is 0 Å². The lowest BCUT2D eigenvalue weighted by Crippen LogP contribution is -2.29. The summed E-state index contributed by atoms with van der Waals surface area (Å²) in [6.07, 6.45) is -2.05. The van der Waals surface area contributed by atoms with E-state index in [0.717, 1.165) is 18.4 Å². The number of methoxy groups -OCH3 is 2. The number of ether oxygens (including phenoxy) is 2. The summed E-state index contributed by atoms with van der Waals surface area (Å²) in [5.74, 6) is 0.902. The molecule has 0 aliphatic heterocycles. The third-order valence-corrected chi connectivity index (χ3v) is 6.93. The maximum atomic E-state index is 14.2. The van der Waals surface area contributed by atoms with E-state index in [9.17, 15) is 18.3 Å². The summed E-state index contributed by atoms with van der Waals surface area (Å²) in [4.78, 5) is 12.4. The van der Waals surface area contributed by atoms with Gasteiger partial charge in [-0.1, -0.05) is 6.58 Å². The molecule has 1 atom stereocenters. The van der Waals surface area contributed by atoms with Gasteiger partial charge < -0.3 is 39.6 Å². The fraction of sp³-hybridized carbons (Fsp3) is 0.333. The topological polar surface area (TPSA) is 99.9 Å².